The lowest BCUT2D eigenvalue weighted by atomic mass is 9.75. The Kier molecular flexibility index (Phi) is 5.20. The van der Waals surface area contributed by atoms with Crippen LogP contribution in [0.3, 0.4) is 0 Å². The van der Waals surface area contributed by atoms with Crippen LogP contribution in [-0.4, -0.2) is 18.0 Å². The second-order valence-electron chi connectivity index (χ2n) is 6.19. The molecule has 2 aliphatic rings. The summed E-state index contributed by atoms with van der Waals surface area (Å²) in [4.78, 5) is 12.4. The molecule has 1 saturated carbocycles. The molecule has 2 nitrogen and oxygen atoms in total. The minimum absolute atomic E-state index is 0.0449. The zero-order valence-corrected chi connectivity index (χ0v) is 12.5. The molecule has 1 saturated heterocycles. The molecule has 0 aromatic heterocycles. The zero-order valence-electron chi connectivity index (χ0n) is 12.5. The monoisotopic (exact) mass is 264 g/mol. The molecule has 0 amide bonds. The van der Waals surface area contributed by atoms with Gasteiger partial charge in [-0.2, -0.15) is 0 Å². The van der Waals surface area contributed by atoms with Gasteiger partial charge in [0.2, 0.25) is 0 Å². The molecule has 1 aliphatic heterocycles. The molecule has 1 spiro atoms. The summed E-state index contributed by atoms with van der Waals surface area (Å²) < 4.78 is 6.07. The predicted molar refractivity (Wildman–Crippen MR) is 78.2 cm³/mol. The average Bonchev–Trinajstić information content (AvgIpc) is 2.45. The van der Waals surface area contributed by atoms with E-state index in [0.717, 1.165) is 45.1 Å². The first-order valence-corrected chi connectivity index (χ1v) is 8.06. The molecule has 1 heterocycles. The summed E-state index contributed by atoms with van der Waals surface area (Å²) in [6, 6.07) is 0. The number of rotatable bonds is 4. The molecule has 1 atom stereocenters. The van der Waals surface area contributed by atoms with Gasteiger partial charge < -0.3 is 4.74 Å². The van der Waals surface area contributed by atoms with Gasteiger partial charge in [0, 0.05) is 12.5 Å². The van der Waals surface area contributed by atoms with E-state index in [1.165, 1.54) is 24.8 Å². The van der Waals surface area contributed by atoms with Crippen LogP contribution in [0.15, 0.2) is 11.6 Å². The minimum atomic E-state index is 0.0449. The molecule has 2 rings (SSSR count). The molecule has 2 fully saturated rings. The molecule has 1 unspecified atom stereocenters. The highest BCUT2D eigenvalue weighted by Gasteiger charge is 2.40. The van der Waals surface area contributed by atoms with Gasteiger partial charge in [-0.15, -0.1) is 0 Å². The van der Waals surface area contributed by atoms with Crippen LogP contribution >= 0.6 is 0 Å². The minimum Gasteiger partial charge on any atom is -0.375 e. The first-order valence-electron chi connectivity index (χ1n) is 8.06. The molecule has 0 bridgehead atoms. The first-order chi connectivity index (χ1) is 9.19. The summed E-state index contributed by atoms with van der Waals surface area (Å²) in [5.41, 5.74) is 1.33. The van der Waals surface area contributed by atoms with Crippen molar-refractivity contribution in [2.24, 2.45) is 5.92 Å². The van der Waals surface area contributed by atoms with E-state index < -0.39 is 0 Å². The fourth-order valence-electron chi connectivity index (χ4n) is 3.59. The fraction of sp³-hybridized carbons (Fsp3) is 0.824. The third kappa shape index (κ3) is 3.68. The van der Waals surface area contributed by atoms with Crippen molar-refractivity contribution in [2.45, 2.75) is 77.2 Å². The Morgan fingerprint density at radius 3 is 2.53 bits per heavy atom. The Hall–Kier alpha value is -0.630. The lowest BCUT2D eigenvalue weighted by molar-refractivity contribution is -0.139. The smallest absolute Gasteiger partial charge is 0.158 e. The van der Waals surface area contributed by atoms with Gasteiger partial charge in [-0.25, -0.2) is 0 Å². The number of ether oxygens (including phenoxy) is 1. The summed E-state index contributed by atoms with van der Waals surface area (Å²) in [5.74, 6) is 0.562. The van der Waals surface area contributed by atoms with E-state index >= 15 is 0 Å². The lowest BCUT2D eigenvalue weighted by Crippen LogP contribution is -2.43. The molecule has 19 heavy (non-hydrogen) atoms. The molecule has 1 aliphatic carbocycles. The van der Waals surface area contributed by atoms with Crippen molar-refractivity contribution < 1.29 is 9.53 Å². The van der Waals surface area contributed by atoms with Gasteiger partial charge in [-0.1, -0.05) is 38.7 Å². The number of hydrogen-bond acceptors (Lipinski definition) is 2. The van der Waals surface area contributed by atoms with E-state index in [1.807, 2.05) is 6.08 Å². The van der Waals surface area contributed by atoms with Crippen LogP contribution < -0.4 is 0 Å². The van der Waals surface area contributed by atoms with Crippen LogP contribution in [0, 0.1) is 5.92 Å². The van der Waals surface area contributed by atoms with Crippen molar-refractivity contribution in [2.75, 3.05) is 6.61 Å². The van der Waals surface area contributed by atoms with E-state index in [-0.39, 0.29) is 11.5 Å². The lowest BCUT2D eigenvalue weighted by Gasteiger charge is -2.43. The van der Waals surface area contributed by atoms with Crippen molar-refractivity contribution in [3.05, 3.63) is 11.6 Å². The maximum absolute atomic E-state index is 12.4. The van der Waals surface area contributed by atoms with E-state index in [9.17, 15) is 4.79 Å². The van der Waals surface area contributed by atoms with Gasteiger partial charge in [0.25, 0.3) is 0 Å². The SMILES string of the molecule is CCC(=CC(=O)C1CCOC2(CCCCC2)C1)CC. The van der Waals surface area contributed by atoms with Crippen LogP contribution in [0.5, 0.6) is 0 Å². The van der Waals surface area contributed by atoms with Crippen molar-refractivity contribution >= 4 is 5.78 Å². The Morgan fingerprint density at radius 1 is 1.21 bits per heavy atom. The molecule has 0 aromatic rings. The van der Waals surface area contributed by atoms with Gasteiger partial charge in [-0.3, -0.25) is 4.79 Å². The Morgan fingerprint density at radius 2 is 1.89 bits per heavy atom. The van der Waals surface area contributed by atoms with Gasteiger partial charge in [0.1, 0.15) is 0 Å². The number of allylic oxidation sites excluding steroid dienone is 2. The van der Waals surface area contributed by atoms with E-state index in [0.29, 0.717) is 5.78 Å². The normalized spacial score (nSPS) is 26.1. The Labute approximate surface area is 117 Å². The van der Waals surface area contributed by atoms with Crippen LogP contribution in [0.25, 0.3) is 0 Å². The van der Waals surface area contributed by atoms with Crippen LogP contribution in [0.4, 0.5) is 0 Å². The fourth-order valence-corrected chi connectivity index (χ4v) is 3.59. The van der Waals surface area contributed by atoms with E-state index in [2.05, 4.69) is 13.8 Å². The van der Waals surface area contributed by atoms with Crippen LogP contribution in [0.1, 0.15) is 71.6 Å². The highest BCUT2D eigenvalue weighted by molar-refractivity contribution is 5.92. The third-order valence-corrected chi connectivity index (χ3v) is 4.91. The van der Waals surface area contributed by atoms with Crippen LogP contribution in [0.2, 0.25) is 0 Å². The molecule has 0 aromatic carbocycles. The standard InChI is InChI=1S/C17H28O2/c1-3-14(4-2)12-16(18)15-8-11-19-17(13-15)9-6-5-7-10-17/h12,15H,3-11,13H2,1-2H3. The molecule has 2 heteroatoms. The van der Waals surface area contributed by atoms with Crippen molar-refractivity contribution in [3.8, 4) is 0 Å². The summed E-state index contributed by atoms with van der Waals surface area (Å²) in [7, 11) is 0. The largest absolute Gasteiger partial charge is 0.375 e. The van der Waals surface area contributed by atoms with Crippen molar-refractivity contribution in [1.29, 1.82) is 0 Å². The topological polar surface area (TPSA) is 26.3 Å². The Bertz CT molecular complexity index is 326. The Balaban J connectivity index is 2.00. The van der Waals surface area contributed by atoms with Crippen LogP contribution in [-0.2, 0) is 9.53 Å². The average molecular weight is 264 g/mol. The van der Waals surface area contributed by atoms with Crippen molar-refractivity contribution in [3.63, 3.8) is 0 Å². The predicted octanol–water partition coefficient (Wildman–Crippen LogP) is 4.43. The van der Waals surface area contributed by atoms with E-state index in [4.69, 9.17) is 4.74 Å². The molecule has 108 valence electrons. The molecule has 0 N–H and O–H groups in total. The quantitative estimate of drug-likeness (QED) is 0.702. The highest BCUT2D eigenvalue weighted by Crippen LogP contribution is 2.41. The maximum atomic E-state index is 12.4. The van der Waals surface area contributed by atoms with Gasteiger partial charge in [0.15, 0.2) is 5.78 Å². The van der Waals surface area contributed by atoms with E-state index in [1.54, 1.807) is 0 Å². The molecular formula is C17H28O2. The van der Waals surface area contributed by atoms with Gasteiger partial charge in [-0.05, 0) is 44.6 Å². The molecular weight excluding hydrogens is 236 g/mol. The zero-order chi connectivity index (χ0) is 13.7. The summed E-state index contributed by atoms with van der Waals surface area (Å²) in [5, 5.41) is 0. The summed E-state index contributed by atoms with van der Waals surface area (Å²) in [6.07, 6.45) is 12.0. The first kappa shape index (κ1) is 14.8. The number of carbonyl (C=O) groups is 1. The second kappa shape index (κ2) is 6.69. The number of hydrogen-bond donors (Lipinski definition) is 0. The van der Waals surface area contributed by atoms with Gasteiger partial charge in [0.05, 0.1) is 5.60 Å². The number of carbonyl (C=O) groups excluding carboxylic acids is 1. The maximum Gasteiger partial charge on any atom is 0.158 e. The van der Waals surface area contributed by atoms with Crippen molar-refractivity contribution in [1.82, 2.24) is 0 Å². The summed E-state index contributed by atoms with van der Waals surface area (Å²) in [6.45, 7) is 5.04. The second-order valence-corrected chi connectivity index (χ2v) is 6.19. The highest BCUT2D eigenvalue weighted by atomic mass is 16.5. The number of ketones is 1. The summed E-state index contributed by atoms with van der Waals surface area (Å²) >= 11 is 0. The van der Waals surface area contributed by atoms with Gasteiger partial charge >= 0.3 is 0 Å². The third-order valence-electron chi connectivity index (χ3n) is 4.91. The molecule has 0 radical (unpaired) electrons.